The van der Waals surface area contributed by atoms with Gasteiger partial charge >= 0.3 is 0 Å². The number of nitrogens with zero attached hydrogens (tertiary/aromatic N) is 1. The number of hydrogen-bond acceptors (Lipinski definition) is 6. The van der Waals surface area contributed by atoms with E-state index in [4.69, 9.17) is 38.0 Å². The standard InChI is InChI=1S/C23H24ClNO4S2/c1-14-6-7-18(15(2)10-14)28-8-5-9-29-21-17(24)11-16(12-19(21)27-4)13-20-22(26)25(3)23(30)31-20/h6-7,10-13H,5,8-9H2,1-4H3/b20-13+. The van der Waals surface area contributed by atoms with Crippen molar-refractivity contribution < 1.29 is 19.0 Å². The Balaban J connectivity index is 1.61. The van der Waals surface area contributed by atoms with Crippen LogP contribution >= 0.6 is 35.6 Å². The SMILES string of the molecule is COc1cc(/C=C2/SC(=S)N(C)C2=O)cc(Cl)c1OCCCOc1ccc(C)cc1C. The third-order valence-corrected chi connectivity index (χ3v) is 6.42. The van der Waals surface area contributed by atoms with Gasteiger partial charge in [-0.25, -0.2) is 0 Å². The van der Waals surface area contributed by atoms with Gasteiger partial charge < -0.3 is 14.2 Å². The van der Waals surface area contributed by atoms with Crippen LogP contribution in [0.3, 0.4) is 0 Å². The fourth-order valence-electron chi connectivity index (χ4n) is 3.04. The molecule has 0 spiro atoms. The maximum absolute atomic E-state index is 12.2. The molecule has 0 bridgehead atoms. The van der Waals surface area contributed by atoms with Gasteiger partial charge in [0.05, 0.1) is 30.3 Å². The lowest BCUT2D eigenvalue weighted by Crippen LogP contribution is -2.22. The molecule has 1 amide bonds. The first-order valence-corrected chi connectivity index (χ1v) is 11.3. The van der Waals surface area contributed by atoms with E-state index in [1.165, 1.54) is 22.2 Å². The van der Waals surface area contributed by atoms with Gasteiger partial charge in [-0.1, -0.05) is 53.3 Å². The van der Waals surface area contributed by atoms with Gasteiger partial charge in [-0.3, -0.25) is 9.69 Å². The second-order valence-corrected chi connectivity index (χ2v) is 9.18. The van der Waals surface area contributed by atoms with Gasteiger partial charge in [0.25, 0.3) is 5.91 Å². The molecule has 2 aromatic carbocycles. The van der Waals surface area contributed by atoms with Crippen molar-refractivity contribution in [2.24, 2.45) is 0 Å². The molecule has 1 aliphatic rings. The summed E-state index contributed by atoms with van der Waals surface area (Å²) in [5.41, 5.74) is 3.06. The van der Waals surface area contributed by atoms with Crippen molar-refractivity contribution >= 4 is 51.9 Å². The zero-order chi connectivity index (χ0) is 22.5. The highest BCUT2D eigenvalue weighted by molar-refractivity contribution is 8.26. The number of ether oxygens (including phenoxy) is 3. The van der Waals surface area contributed by atoms with Crippen LogP contribution in [0.2, 0.25) is 5.02 Å². The molecule has 1 fully saturated rings. The number of aryl methyl sites for hydroxylation is 2. The molecule has 0 atom stereocenters. The van der Waals surface area contributed by atoms with Crippen LogP contribution in [-0.4, -0.2) is 42.5 Å². The van der Waals surface area contributed by atoms with Crippen molar-refractivity contribution in [2.75, 3.05) is 27.4 Å². The average molecular weight is 478 g/mol. The average Bonchev–Trinajstić information content (AvgIpc) is 2.96. The van der Waals surface area contributed by atoms with Crippen molar-refractivity contribution in [3.05, 3.63) is 56.9 Å². The van der Waals surface area contributed by atoms with Gasteiger partial charge in [-0.05, 0) is 49.2 Å². The minimum absolute atomic E-state index is 0.130. The monoisotopic (exact) mass is 477 g/mol. The van der Waals surface area contributed by atoms with E-state index in [1.807, 2.05) is 19.1 Å². The summed E-state index contributed by atoms with van der Waals surface area (Å²) in [5.74, 6) is 1.72. The second-order valence-electron chi connectivity index (χ2n) is 7.09. The Morgan fingerprint density at radius 2 is 1.87 bits per heavy atom. The van der Waals surface area contributed by atoms with Crippen molar-refractivity contribution in [3.8, 4) is 17.2 Å². The van der Waals surface area contributed by atoms with Gasteiger partial charge in [0.2, 0.25) is 0 Å². The van der Waals surface area contributed by atoms with Gasteiger partial charge in [-0.2, -0.15) is 0 Å². The van der Waals surface area contributed by atoms with Crippen molar-refractivity contribution in [3.63, 3.8) is 0 Å². The fraction of sp³-hybridized carbons (Fsp3) is 0.304. The van der Waals surface area contributed by atoms with Crippen LogP contribution in [0, 0.1) is 13.8 Å². The molecular weight excluding hydrogens is 454 g/mol. The van der Waals surface area contributed by atoms with Crippen LogP contribution in [0.1, 0.15) is 23.1 Å². The Morgan fingerprint density at radius 3 is 2.52 bits per heavy atom. The lowest BCUT2D eigenvalue weighted by molar-refractivity contribution is -0.121. The lowest BCUT2D eigenvalue weighted by atomic mass is 10.1. The predicted octanol–water partition coefficient (Wildman–Crippen LogP) is 5.64. The van der Waals surface area contributed by atoms with Gasteiger partial charge in [-0.15, -0.1) is 0 Å². The molecule has 5 nitrogen and oxygen atoms in total. The number of amides is 1. The Labute approximate surface area is 197 Å². The van der Waals surface area contributed by atoms with E-state index in [-0.39, 0.29) is 5.91 Å². The summed E-state index contributed by atoms with van der Waals surface area (Å²) in [7, 11) is 3.21. The molecule has 1 aliphatic heterocycles. The van der Waals surface area contributed by atoms with Crippen LogP contribution in [0.15, 0.2) is 35.2 Å². The Bertz CT molecular complexity index is 1040. The molecule has 8 heteroatoms. The lowest BCUT2D eigenvalue weighted by Gasteiger charge is -2.14. The van der Waals surface area contributed by atoms with Gasteiger partial charge in [0.15, 0.2) is 11.5 Å². The number of carbonyl (C=O) groups excluding carboxylic acids is 1. The largest absolute Gasteiger partial charge is 0.493 e. The first-order valence-electron chi connectivity index (χ1n) is 9.72. The molecule has 0 unspecified atom stereocenters. The number of hydrogen-bond donors (Lipinski definition) is 0. The number of benzene rings is 2. The van der Waals surface area contributed by atoms with Crippen molar-refractivity contribution in [1.82, 2.24) is 4.90 Å². The molecule has 0 saturated carbocycles. The van der Waals surface area contributed by atoms with E-state index in [9.17, 15) is 4.79 Å². The summed E-state index contributed by atoms with van der Waals surface area (Å²) in [6.45, 7) is 5.04. The molecule has 0 radical (unpaired) electrons. The van der Waals surface area contributed by atoms with E-state index in [1.54, 1.807) is 32.4 Å². The summed E-state index contributed by atoms with van der Waals surface area (Å²) in [6.07, 6.45) is 2.44. The second kappa shape index (κ2) is 10.4. The van der Waals surface area contributed by atoms with E-state index < -0.39 is 0 Å². The number of halogens is 1. The first-order chi connectivity index (χ1) is 14.8. The molecule has 0 aromatic heterocycles. The third-order valence-electron chi connectivity index (χ3n) is 4.66. The highest BCUT2D eigenvalue weighted by Crippen LogP contribution is 2.38. The summed E-state index contributed by atoms with van der Waals surface area (Å²) in [4.78, 5) is 14.2. The number of thiocarbonyl (C=S) groups is 1. The first kappa shape index (κ1) is 23.4. The molecule has 3 rings (SSSR count). The van der Waals surface area contributed by atoms with Crippen LogP contribution < -0.4 is 14.2 Å². The molecular formula is C23H24ClNO4S2. The summed E-state index contributed by atoms with van der Waals surface area (Å²) < 4.78 is 17.7. The van der Waals surface area contributed by atoms with E-state index in [2.05, 4.69) is 13.0 Å². The third kappa shape index (κ3) is 5.73. The van der Waals surface area contributed by atoms with Crippen LogP contribution in [0.5, 0.6) is 17.2 Å². The number of carbonyl (C=O) groups is 1. The van der Waals surface area contributed by atoms with E-state index in [0.29, 0.717) is 45.4 Å². The maximum atomic E-state index is 12.2. The van der Waals surface area contributed by atoms with Gasteiger partial charge in [0, 0.05) is 13.5 Å². The maximum Gasteiger partial charge on any atom is 0.265 e. The Kier molecular flexibility index (Phi) is 7.86. The normalized spacial score (nSPS) is 15.0. The number of rotatable bonds is 8. The molecule has 2 aromatic rings. The molecule has 31 heavy (non-hydrogen) atoms. The van der Waals surface area contributed by atoms with Crippen LogP contribution in [-0.2, 0) is 4.79 Å². The number of thioether (sulfide) groups is 1. The molecule has 0 aliphatic carbocycles. The van der Waals surface area contributed by atoms with Gasteiger partial charge in [0.1, 0.15) is 10.1 Å². The highest BCUT2D eigenvalue weighted by atomic mass is 35.5. The van der Waals surface area contributed by atoms with E-state index in [0.717, 1.165) is 16.9 Å². The topological polar surface area (TPSA) is 48.0 Å². The number of methoxy groups -OCH3 is 1. The smallest absolute Gasteiger partial charge is 0.265 e. The Hall–Kier alpha value is -2.22. The minimum Gasteiger partial charge on any atom is -0.493 e. The van der Waals surface area contributed by atoms with E-state index >= 15 is 0 Å². The fourth-order valence-corrected chi connectivity index (χ4v) is 4.49. The zero-order valence-corrected chi connectivity index (χ0v) is 20.2. The summed E-state index contributed by atoms with van der Waals surface area (Å²) in [6, 6.07) is 9.64. The number of likely N-dealkylation sites (N-methyl/N-ethyl adjacent to an activating group) is 1. The molecule has 1 heterocycles. The van der Waals surface area contributed by atoms with Crippen LogP contribution in [0.25, 0.3) is 6.08 Å². The Morgan fingerprint density at radius 1 is 1.13 bits per heavy atom. The summed E-state index contributed by atoms with van der Waals surface area (Å²) in [5, 5.41) is 0.410. The van der Waals surface area contributed by atoms with Crippen molar-refractivity contribution in [2.45, 2.75) is 20.3 Å². The molecule has 1 saturated heterocycles. The predicted molar refractivity (Wildman–Crippen MR) is 130 cm³/mol. The zero-order valence-electron chi connectivity index (χ0n) is 17.9. The quantitative estimate of drug-likeness (QED) is 0.278. The van der Waals surface area contributed by atoms with Crippen LogP contribution in [0.4, 0.5) is 0 Å². The summed E-state index contributed by atoms with van der Waals surface area (Å²) >= 11 is 12.9. The highest BCUT2D eigenvalue weighted by Gasteiger charge is 2.28. The molecule has 0 N–H and O–H groups in total. The molecule has 164 valence electrons. The van der Waals surface area contributed by atoms with Crippen molar-refractivity contribution in [1.29, 1.82) is 0 Å². The minimum atomic E-state index is -0.130.